The molecule has 0 aliphatic carbocycles. The third kappa shape index (κ3) is 29.2. The molecule has 0 spiro atoms. The summed E-state index contributed by atoms with van der Waals surface area (Å²) >= 11 is 7.10. The number of carbonyl (C=O) groups is 2. The van der Waals surface area contributed by atoms with Crippen LogP contribution in [0.15, 0.2) is 0 Å². The van der Waals surface area contributed by atoms with Crippen LogP contribution in [-0.4, -0.2) is 28.5 Å². The molecule has 0 bridgehead atoms. The molecule has 0 radical (unpaired) electrons. The van der Waals surface area contributed by atoms with Crippen LogP contribution in [0.4, 0.5) is 9.59 Å². The van der Waals surface area contributed by atoms with E-state index in [4.69, 9.17) is 4.79 Å². The fourth-order valence-corrected chi connectivity index (χ4v) is 2.67. The van der Waals surface area contributed by atoms with Crippen molar-refractivity contribution in [1.29, 1.82) is 0 Å². The van der Waals surface area contributed by atoms with Crippen molar-refractivity contribution in [3.8, 4) is 0 Å². The first kappa shape index (κ1) is 29.9. The number of carbonyl (C=O) groups excluding carboxylic acids is 2. The number of primary amides is 1. The second-order valence-corrected chi connectivity index (χ2v) is 6.97. The van der Waals surface area contributed by atoms with Gasteiger partial charge in [-0.3, -0.25) is 9.59 Å². The molecule has 0 fully saturated rings. The van der Waals surface area contributed by atoms with Crippen LogP contribution < -0.4 is 5.73 Å². The molecule has 7 heteroatoms. The quantitative estimate of drug-likeness (QED) is 0.177. The van der Waals surface area contributed by atoms with Gasteiger partial charge >= 0.3 is 0 Å². The van der Waals surface area contributed by atoms with E-state index < -0.39 is 5.24 Å². The molecule has 2 N–H and O–H groups in total. The van der Waals surface area contributed by atoms with Crippen molar-refractivity contribution >= 4 is 35.7 Å². The van der Waals surface area contributed by atoms with E-state index in [2.05, 4.69) is 44.8 Å². The molecule has 0 aliphatic heterocycles. The van der Waals surface area contributed by atoms with Crippen molar-refractivity contribution in [2.45, 2.75) is 90.9 Å². The van der Waals surface area contributed by atoms with E-state index >= 15 is 0 Å². The Labute approximate surface area is 176 Å². The maximum Gasteiger partial charge on any atom is 0.278 e. The maximum absolute atomic E-state index is 11.5. The summed E-state index contributed by atoms with van der Waals surface area (Å²) in [5, 5.41) is -0.688. The van der Waals surface area contributed by atoms with Gasteiger partial charge in [-0.2, -0.15) is 0 Å². The molecule has 0 rings (SSSR count). The van der Waals surface area contributed by atoms with Crippen LogP contribution >= 0.6 is 25.3 Å². The molecule has 0 atom stereocenters. The molecule has 152 valence electrons. The van der Waals surface area contributed by atoms with E-state index in [1.54, 1.807) is 0 Å². The van der Waals surface area contributed by atoms with Gasteiger partial charge in [0.25, 0.3) is 10.5 Å². The Morgan fingerprint density at radius 1 is 0.720 bits per heavy atom. The minimum atomic E-state index is -0.639. The Balaban J connectivity index is -0.000000867. The predicted octanol–water partition coefficient (Wildman–Crippen LogP) is 6.05. The summed E-state index contributed by atoms with van der Waals surface area (Å²) in [6, 6.07) is 0. The minimum absolute atomic E-state index is 0. The topological polar surface area (TPSA) is 63.4 Å². The number of amides is 2. The van der Waals surface area contributed by atoms with E-state index in [1.165, 1.54) is 64.2 Å². The average Bonchev–Trinajstić information content (AvgIpc) is 2.51. The molecule has 0 heterocycles. The van der Waals surface area contributed by atoms with Gasteiger partial charge in [0.05, 0.1) is 0 Å². The molecule has 0 aromatic rings. The number of thiol groups is 2. The standard InChI is InChI=1S/C17H35NOS.CH3NOS.Fe/c1-3-5-7-9-11-13-15-18(17(19)20)16-14-12-10-8-6-4-2;2-1(3)4;/h3-16H2,1-2H3,(H,19,20);(H3,2,3,4);. The fraction of sp³-hybridized carbons (Fsp3) is 0.889. The van der Waals surface area contributed by atoms with Gasteiger partial charge in [0.1, 0.15) is 0 Å². The molecule has 25 heavy (non-hydrogen) atoms. The SMILES string of the molecule is CCCCCCCCN(CCCCCCCC)C(=O)S.NC(=O)S.[Fe]. The summed E-state index contributed by atoms with van der Waals surface area (Å²) in [5.74, 6) is 0. The summed E-state index contributed by atoms with van der Waals surface area (Å²) in [6.07, 6.45) is 15.3. The maximum atomic E-state index is 11.5. The minimum Gasteiger partial charge on any atom is -0.361 e. The second-order valence-electron chi connectivity index (χ2n) is 6.14. The second kappa shape index (κ2) is 24.2. The molecule has 0 aliphatic rings. The number of unbranched alkanes of at least 4 members (excludes halogenated alkanes) is 10. The zero-order valence-corrected chi connectivity index (χ0v) is 18.9. The molecule has 0 saturated heterocycles. The monoisotopic (exact) mass is 434 g/mol. The third-order valence-electron chi connectivity index (χ3n) is 3.83. The van der Waals surface area contributed by atoms with Gasteiger partial charge in [-0.1, -0.05) is 103 Å². The van der Waals surface area contributed by atoms with Crippen LogP contribution in [-0.2, 0) is 17.1 Å². The number of rotatable bonds is 14. The van der Waals surface area contributed by atoms with Crippen molar-refractivity contribution < 1.29 is 26.7 Å². The first-order valence-corrected chi connectivity index (χ1v) is 10.3. The Morgan fingerprint density at radius 2 is 1.00 bits per heavy atom. The third-order valence-corrected chi connectivity index (χ3v) is 4.12. The fourth-order valence-electron chi connectivity index (χ4n) is 2.47. The van der Waals surface area contributed by atoms with E-state index in [0.717, 1.165) is 25.9 Å². The Bertz CT molecular complexity index is 289. The van der Waals surface area contributed by atoms with Crippen LogP contribution in [0.3, 0.4) is 0 Å². The van der Waals surface area contributed by atoms with Gasteiger partial charge in [0.2, 0.25) is 0 Å². The van der Waals surface area contributed by atoms with E-state index in [1.807, 2.05) is 4.90 Å². The number of hydrogen-bond donors (Lipinski definition) is 3. The smallest absolute Gasteiger partial charge is 0.278 e. The molecule has 0 saturated carbocycles. The van der Waals surface area contributed by atoms with Crippen molar-refractivity contribution in [2.24, 2.45) is 5.73 Å². The van der Waals surface area contributed by atoms with Gasteiger partial charge in [0.15, 0.2) is 0 Å². The number of hydrogen-bond acceptors (Lipinski definition) is 2. The summed E-state index contributed by atoms with van der Waals surface area (Å²) in [5.41, 5.74) is 4.34. The van der Waals surface area contributed by atoms with Crippen molar-refractivity contribution in [3.05, 3.63) is 0 Å². The summed E-state index contributed by atoms with van der Waals surface area (Å²) in [7, 11) is 0. The summed E-state index contributed by atoms with van der Waals surface area (Å²) in [4.78, 5) is 22.5. The average molecular weight is 434 g/mol. The van der Waals surface area contributed by atoms with Gasteiger partial charge < -0.3 is 10.6 Å². The summed E-state index contributed by atoms with van der Waals surface area (Å²) in [6.45, 7) is 6.26. The summed E-state index contributed by atoms with van der Waals surface area (Å²) < 4.78 is 0. The van der Waals surface area contributed by atoms with Crippen LogP contribution in [0, 0.1) is 0 Å². The number of nitrogens with two attached hydrogens (primary N) is 1. The Morgan fingerprint density at radius 3 is 1.28 bits per heavy atom. The molecule has 0 aromatic carbocycles. The largest absolute Gasteiger partial charge is 0.361 e. The predicted molar refractivity (Wildman–Crippen MR) is 111 cm³/mol. The van der Waals surface area contributed by atoms with Crippen molar-refractivity contribution in [2.75, 3.05) is 13.1 Å². The Hall–Kier alpha value is 0.159. The Kier molecular flexibility index (Phi) is 28.9. The van der Waals surface area contributed by atoms with Crippen molar-refractivity contribution in [3.63, 3.8) is 0 Å². The van der Waals surface area contributed by atoms with Crippen LogP contribution in [0.25, 0.3) is 0 Å². The van der Waals surface area contributed by atoms with Crippen LogP contribution in [0.5, 0.6) is 0 Å². The molecule has 2 amide bonds. The van der Waals surface area contributed by atoms with E-state index in [-0.39, 0.29) is 22.3 Å². The van der Waals surface area contributed by atoms with Crippen molar-refractivity contribution in [1.82, 2.24) is 4.90 Å². The number of nitrogens with zero attached hydrogens (tertiary/aromatic N) is 1. The molecular formula is C18H38FeN2O2S2. The van der Waals surface area contributed by atoms with Crippen LogP contribution in [0.2, 0.25) is 0 Å². The van der Waals surface area contributed by atoms with Gasteiger partial charge in [-0.05, 0) is 12.8 Å². The molecule has 4 nitrogen and oxygen atoms in total. The first-order chi connectivity index (χ1) is 11.5. The van der Waals surface area contributed by atoms with E-state index in [9.17, 15) is 4.79 Å². The zero-order valence-electron chi connectivity index (χ0n) is 16.0. The molecule has 0 unspecified atom stereocenters. The van der Waals surface area contributed by atoms with Crippen LogP contribution in [0.1, 0.15) is 90.9 Å². The first-order valence-electron chi connectivity index (χ1n) is 9.41. The van der Waals surface area contributed by atoms with E-state index in [0.29, 0.717) is 0 Å². The normalized spacial score (nSPS) is 9.60. The van der Waals surface area contributed by atoms with Gasteiger partial charge in [-0.15, -0.1) is 0 Å². The van der Waals surface area contributed by atoms with Gasteiger partial charge in [0, 0.05) is 30.2 Å². The zero-order chi connectivity index (χ0) is 18.6. The van der Waals surface area contributed by atoms with Gasteiger partial charge in [-0.25, -0.2) is 0 Å². The molecular weight excluding hydrogens is 396 g/mol. The molecule has 0 aromatic heterocycles.